The summed E-state index contributed by atoms with van der Waals surface area (Å²) < 4.78 is 0. The molecular formula is C6H15BS. The second-order valence-electron chi connectivity index (χ2n) is 3.39. The van der Waals surface area contributed by atoms with Crippen LogP contribution in [0, 0.1) is 5.41 Å². The first-order chi connectivity index (χ1) is 3.56. The summed E-state index contributed by atoms with van der Waals surface area (Å²) in [5.74, 6) is 0. The fourth-order valence-electron chi connectivity index (χ4n) is 0.609. The SMILES string of the molecule is CC(C)(C)CCBS. The fourth-order valence-corrected chi connectivity index (χ4v) is 0.768. The molecule has 0 aliphatic heterocycles. The lowest BCUT2D eigenvalue weighted by Gasteiger charge is -2.16. The van der Waals surface area contributed by atoms with E-state index < -0.39 is 0 Å². The Bertz CT molecular complexity index is 56.0. The van der Waals surface area contributed by atoms with Crippen LogP contribution in [0.25, 0.3) is 0 Å². The third-order valence-corrected chi connectivity index (χ3v) is 1.40. The van der Waals surface area contributed by atoms with Gasteiger partial charge >= 0.3 is 0 Å². The van der Waals surface area contributed by atoms with Gasteiger partial charge in [-0.1, -0.05) is 33.5 Å². The molecule has 0 atom stereocenters. The van der Waals surface area contributed by atoms with Crippen molar-refractivity contribution in [1.29, 1.82) is 0 Å². The summed E-state index contributed by atoms with van der Waals surface area (Å²) in [6.07, 6.45) is 2.53. The van der Waals surface area contributed by atoms with Crippen LogP contribution in [0.3, 0.4) is 0 Å². The highest BCUT2D eigenvalue weighted by Gasteiger charge is 2.07. The van der Waals surface area contributed by atoms with Crippen LogP contribution in [-0.2, 0) is 0 Å². The van der Waals surface area contributed by atoms with Crippen LogP contribution >= 0.6 is 12.5 Å². The van der Waals surface area contributed by atoms with Crippen molar-refractivity contribution < 1.29 is 0 Å². The molecule has 0 saturated heterocycles. The van der Waals surface area contributed by atoms with Crippen molar-refractivity contribution in [2.45, 2.75) is 33.5 Å². The molecule has 48 valence electrons. The average Bonchev–Trinajstić information content (AvgIpc) is 1.59. The van der Waals surface area contributed by atoms with Crippen molar-refractivity contribution in [3.63, 3.8) is 0 Å². The lowest BCUT2D eigenvalue weighted by Crippen LogP contribution is -2.04. The third-order valence-electron chi connectivity index (χ3n) is 1.08. The summed E-state index contributed by atoms with van der Waals surface area (Å²) >= 11 is 4.13. The summed E-state index contributed by atoms with van der Waals surface area (Å²) in [4.78, 5) is 0. The Morgan fingerprint density at radius 1 is 1.38 bits per heavy atom. The van der Waals surface area contributed by atoms with E-state index in [1.807, 2.05) is 0 Å². The van der Waals surface area contributed by atoms with E-state index in [1.165, 1.54) is 12.7 Å². The topological polar surface area (TPSA) is 0 Å². The minimum atomic E-state index is 0.503. The molecule has 0 spiro atoms. The zero-order valence-corrected chi connectivity index (χ0v) is 6.96. The highest BCUT2D eigenvalue weighted by molar-refractivity contribution is 8.06. The molecule has 0 aromatic rings. The molecule has 8 heavy (non-hydrogen) atoms. The molecule has 0 fully saturated rings. The number of thiol groups is 1. The van der Waals surface area contributed by atoms with Crippen molar-refractivity contribution in [3.05, 3.63) is 0 Å². The molecular weight excluding hydrogens is 115 g/mol. The summed E-state index contributed by atoms with van der Waals surface area (Å²) in [5, 5.41) is 0. The summed E-state index contributed by atoms with van der Waals surface area (Å²) in [6, 6.07) is 0. The second kappa shape index (κ2) is 3.44. The Hall–Kier alpha value is 0.415. The number of hydrogen-bond acceptors (Lipinski definition) is 1. The fraction of sp³-hybridized carbons (Fsp3) is 1.00. The van der Waals surface area contributed by atoms with E-state index in [-0.39, 0.29) is 0 Å². The molecule has 0 heterocycles. The first-order valence-electron chi connectivity index (χ1n) is 3.17. The largest absolute Gasteiger partial charge is 0.232 e. The number of hydrogen-bond donors (Lipinski definition) is 1. The van der Waals surface area contributed by atoms with Crippen LogP contribution in [0.15, 0.2) is 0 Å². The Kier molecular flexibility index (Phi) is 3.62. The normalized spacial score (nSPS) is 11.5. The molecule has 0 saturated carbocycles. The quantitative estimate of drug-likeness (QED) is 0.429. The lowest BCUT2D eigenvalue weighted by molar-refractivity contribution is 0.398. The van der Waals surface area contributed by atoms with Gasteiger partial charge in [-0.3, -0.25) is 0 Å². The van der Waals surface area contributed by atoms with Crippen LogP contribution in [0.2, 0.25) is 6.32 Å². The molecule has 0 aliphatic rings. The van der Waals surface area contributed by atoms with E-state index in [2.05, 4.69) is 33.3 Å². The first-order valence-corrected chi connectivity index (χ1v) is 3.80. The molecule has 0 bridgehead atoms. The standard InChI is InChI=1S/C6H15BS/c1-6(2,3)4-5-7-8/h7-8H,4-5H2,1-3H3. The van der Waals surface area contributed by atoms with E-state index in [1.54, 1.807) is 0 Å². The Morgan fingerprint density at radius 2 is 1.88 bits per heavy atom. The molecule has 0 unspecified atom stereocenters. The van der Waals surface area contributed by atoms with E-state index in [0.29, 0.717) is 5.41 Å². The van der Waals surface area contributed by atoms with Gasteiger partial charge in [0.2, 0.25) is 0 Å². The van der Waals surface area contributed by atoms with Gasteiger partial charge < -0.3 is 0 Å². The van der Waals surface area contributed by atoms with Gasteiger partial charge in [0.05, 0.1) is 0 Å². The minimum Gasteiger partial charge on any atom is -0.232 e. The molecule has 2 heteroatoms. The smallest absolute Gasteiger partial charge is 0.187 e. The molecule has 0 radical (unpaired) electrons. The van der Waals surface area contributed by atoms with Gasteiger partial charge in [-0.25, -0.2) is 12.5 Å². The monoisotopic (exact) mass is 130 g/mol. The van der Waals surface area contributed by atoms with Crippen molar-refractivity contribution in [3.8, 4) is 0 Å². The average molecular weight is 130 g/mol. The van der Waals surface area contributed by atoms with Crippen LogP contribution in [0.1, 0.15) is 27.2 Å². The van der Waals surface area contributed by atoms with Crippen LogP contribution < -0.4 is 0 Å². The predicted molar refractivity (Wildman–Crippen MR) is 45.0 cm³/mol. The maximum Gasteiger partial charge on any atom is 0.187 e. The number of rotatable bonds is 2. The zero-order chi connectivity index (χ0) is 6.62. The second-order valence-corrected chi connectivity index (χ2v) is 3.84. The summed E-state index contributed by atoms with van der Waals surface area (Å²) in [7, 11) is 0. The Labute approximate surface area is 58.6 Å². The third kappa shape index (κ3) is 6.41. The molecule has 0 aromatic heterocycles. The first kappa shape index (κ1) is 8.41. The Balaban J connectivity index is 3.11. The van der Waals surface area contributed by atoms with Crippen molar-refractivity contribution in [2.24, 2.45) is 5.41 Å². The molecule has 0 N–H and O–H groups in total. The molecule has 0 nitrogen and oxygen atoms in total. The van der Waals surface area contributed by atoms with E-state index >= 15 is 0 Å². The minimum absolute atomic E-state index is 0.503. The lowest BCUT2D eigenvalue weighted by atomic mass is 9.84. The maximum absolute atomic E-state index is 4.13. The van der Waals surface area contributed by atoms with Crippen molar-refractivity contribution >= 4 is 19.0 Å². The van der Waals surface area contributed by atoms with Gasteiger partial charge in [-0.05, 0) is 5.41 Å². The molecule has 0 aliphatic carbocycles. The van der Waals surface area contributed by atoms with E-state index in [9.17, 15) is 0 Å². The van der Waals surface area contributed by atoms with Crippen molar-refractivity contribution in [2.75, 3.05) is 0 Å². The van der Waals surface area contributed by atoms with Gasteiger partial charge in [0, 0.05) is 0 Å². The highest BCUT2D eigenvalue weighted by atomic mass is 32.1. The maximum atomic E-state index is 4.13. The molecule has 0 rings (SSSR count). The van der Waals surface area contributed by atoms with E-state index in [4.69, 9.17) is 0 Å². The predicted octanol–water partition coefficient (Wildman–Crippen LogP) is 2.12. The molecule has 0 amide bonds. The summed E-state index contributed by atoms with van der Waals surface area (Å²) in [6.45, 7) is 7.81. The van der Waals surface area contributed by atoms with E-state index in [0.717, 1.165) is 6.56 Å². The zero-order valence-electron chi connectivity index (χ0n) is 6.07. The van der Waals surface area contributed by atoms with Crippen LogP contribution in [0.5, 0.6) is 0 Å². The van der Waals surface area contributed by atoms with Gasteiger partial charge in [0.1, 0.15) is 0 Å². The van der Waals surface area contributed by atoms with Gasteiger partial charge in [-0.2, -0.15) is 0 Å². The van der Waals surface area contributed by atoms with Crippen molar-refractivity contribution in [1.82, 2.24) is 0 Å². The van der Waals surface area contributed by atoms with Crippen LogP contribution in [0.4, 0.5) is 0 Å². The molecule has 0 aromatic carbocycles. The Morgan fingerprint density at radius 3 is 2.00 bits per heavy atom. The van der Waals surface area contributed by atoms with Gasteiger partial charge in [0.15, 0.2) is 6.56 Å². The highest BCUT2D eigenvalue weighted by Crippen LogP contribution is 2.20. The summed E-state index contributed by atoms with van der Waals surface area (Å²) in [5.41, 5.74) is 0.503. The van der Waals surface area contributed by atoms with Gasteiger partial charge in [-0.15, -0.1) is 0 Å². The van der Waals surface area contributed by atoms with Gasteiger partial charge in [0.25, 0.3) is 0 Å². The van der Waals surface area contributed by atoms with Crippen LogP contribution in [-0.4, -0.2) is 6.56 Å².